The number of ether oxygens (including phenoxy) is 1. The third kappa shape index (κ3) is 2.86. The summed E-state index contributed by atoms with van der Waals surface area (Å²) in [5.74, 6) is 0.958. The fourth-order valence-electron chi connectivity index (χ4n) is 1.24. The topological polar surface area (TPSA) is 21.3 Å². The van der Waals surface area contributed by atoms with Crippen LogP contribution in [0.5, 0.6) is 5.75 Å². The van der Waals surface area contributed by atoms with E-state index in [4.69, 9.17) is 4.74 Å². The van der Waals surface area contributed by atoms with Gasteiger partial charge in [-0.05, 0) is 12.1 Å². The van der Waals surface area contributed by atoms with E-state index in [1.165, 1.54) is 12.1 Å². The van der Waals surface area contributed by atoms with Crippen molar-refractivity contribution in [2.45, 2.75) is 0 Å². The Bertz CT molecular complexity index is 291. The highest BCUT2D eigenvalue weighted by atomic mass is 35.5. The minimum Gasteiger partial charge on any atom is -0.493 e. The molecule has 0 spiro atoms. The molecule has 1 aromatic carbocycles. The van der Waals surface area contributed by atoms with E-state index in [0.717, 1.165) is 13.1 Å². The van der Waals surface area contributed by atoms with Crippen molar-refractivity contribution in [3.8, 4) is 5.75 Å². The SMILES string of the molecule is Cl.Fc1cccc(OCC2CNC2)c1. The summed E-state index contributed by atoms with van der Waals surface area (Å²) in [5, 5.41) is 3.15. The van der Waals surface area contributed by atoms with Gasteiger partial charge in [-0.2, -0.15) is 0 Å². The van der Waals surface area contributed by atoms with Crippen LogP contribution in [0, 0.1) is 11.7 Å². The van der Waals surface area contributed by atoms with Gasteiger partial charge in [0.25, 0.3) is 0 Å². The second-order valence-corrected chi connectivity index (χ2v) is 3.29. The lowest BCUT2D eigenvalue weighted by atomic mass is 10.1. The molecule has 0 bridgehead atoms. The molecule has 1 aliphatic heterocycles. The summed E-state index contributed by atoms with van der Waals surface area (Å²) in [6.45, 7) is 2.70. The number of hydrogen-bond acceptors (Lipinski definition) is 2. The molecule has 0 saturated carbocycles. The van der Waals surface area contributed by atoms with Crippen LogP contribution in [0.3, 0.4) is 0 Å². The molecular weight excluding hydrogens is 205 g/mol. The van der Waals surface area contributed by atoms with E-state index < -0.39 is 0 Å². The first kappa shape index (κ1) is 11.3. The Morgan fingerprint density at radius 2 is 2.21 bits per heavy atom. The zero-order valence-electron chi connectivity index (χ0n) is 7.70. The molecule has 1 aromatic rings. The van der Waals surface area contributed by atoms with Gasteiger partial charge in [-0.3, -0.25) is 0 Å². The Kier molecular flexibility index (Phi) is 4.17. The summed E-state index contributed by atoms with van der Waals surface area (Å²) in [7, 11) is 0. The zero-order chi connectivity index (χ0) is 9.10. The van der Waals surface area contributed by atoms with E-state index in [-0.39, 0.29) is 18.2 Å². The monoisotopic (exact) mass is 217 g/mol. The first-order valence-corrected chi connectivity index (χ1v) is 4.44. The van der Waals surface area contributed by atoms with Crippen LogP contribution in [0.15, 0.2) is 24.3 Å². The first-order valence-electron chi connectivity index (χ1n) is 4.44. The predicted octanol–water partition coefficient (Wildman–Crippen LogP) is 1.85. The molecule has 0 unspecified atom stereocenters. The number of benzene rings is 1. The van der Waals surface area contributed by atoms with Gasteiger partial charge < -0.3 is 10.1 Å². The molecule has 4 heteroatoms. The molecule has 0 aromatic heterocycles. The minimum atomic E-state index is -0.246. The molecule has 0 radical (unpaired) electrons. The van der Waals surface area contributed by atoms with E-state index in [1.54, 1.807) is 12.1 Å². The number of hydrogen-bond donors (Lipinski definition) is 1. The normalized spacial score (nSPS) is 15.5. The Labute approximate surface area is 88.9 Å². The summed E-state index contributed by atoms with van der Waals surface area (Å²) >= 11 is 0. The van der Waals surface area contributed by atoms with Crippen LogP contribution in [0.1, 0.15) is 0 Å². The highest BCUT2D eigenvalue weighted by Crippen LogP contribution is 2.13. The molecule has 1 aliphatic rings. The van der Waals surface area contributed by atoms with Gasteiger partial charge in [-0.1, -0.05) is 6.07 Å². The second kappa shape index (κ2) is 5.17. The highest BCUT2D eigenvalue weighted by molar-refractivity contribution is 5.85. The van der Waals surface area contributed by atoms with Gasteiger partial charge >= 0.3 is 0 Å². The molecule has 1 N–H and O–H groups in total. The van der Waals surface area contributed by atoms with E-state index in [0.29, 0.717) is 18.3 Å². The molecule has 1 saturated heterocycles. The van der Waals surface area contributed by atoms with Crippen LogP contribution < -0.4 is 10.1 Å². The highest BCUT2D eigenvalue weighted by Gasteiger charge is 2.16. The van der Waals surface area contributed by atoms with Crippen molar-refractivity contribution in [1.82, 2.24) is 5.32 Å². The summed E-state index contributed by atoms with van der Waals surface area (Å²) < 4.78 is 18.1. The van der Waals surface area contributed by atoms with Crippen molar-refractivity contribution in [3.63, 3.8) is 0 Å². The Morgan fingerprint density at radius 1 is 1.43 bits per heavy atom. The fourth-order valence-corrected chi connectivity index (χ4v) is 1.24. The lowest BCUT2D eigenvalue weighted by Crippen LogP contribution is -2.45. The lowest BCUT2D eigenvalue weighted by molar-refractivity contribution is 0.198. The average molecular weight is 218 g/mol. The smallest absolute Gasteiger partial charge is 0.126 e. The first-order chi connectivity index (χ1) is 6.34. The molecule has 1 heterocycles. The van der Waals surface area contributed by atoms with E-state index in [2.05, 4.69) is 5.32 Å². The van der Waals surface area contributed by atoms with Crippen molar-refractivity contribution in [2.75, 3.05) is 19.7 Å². The van der Waals surface area contributed by atoms with Crippen LogP contribution >= 0.6 is 12.4 Å². The molecule has 0 atom stereocenters. The molecular formula is C10H13ClFNO. The summed E-state index contributed by atoms with van der Waals surface area (Å²) in [5.41, 5.74) is 0. The van der Waals surface area contributed by atoms with Crippen LogP contribution in [-0.2, 0) is 0 Å². The maximum Gasteiger partial charge on any atom is 0.126 e. The summed E-state index contributed by atoms with van der Waals surface area (Å²) in [6.07, 6.45) is 0. The molecule has 2 rings (SSSR count). The number of halogens is 2. The molecule has 2 nitrogen and oxygen atoms in total. The Hall–Kier alpha value is -0.800. The lowest BCUT2D eigenvalue weighted by Gasteiger charge is -2.26. The van der Waals surface area contributed by atoms with Gasteiger partial charge in [0.15, 0.2) is 0 Å². The van der Waals surface area contributed by atoms with Crippen LogP contribution in [0.2, 0.25) is 0 Å². The Balaban J connectivity index is 0.000000980. The fraction of sp³-hybridized carbons (Fsp3) is 0.400. The van der Waals surface area contributed by atoms with Gasteiger partial charge in [0.2, 0.25) is 0 Å². The van der Waals surface area contributed by atoms with Crippen molar-refractivity contribution in [3.05, 3.63) is 30.1 Å². The van der Waals surface area contributed by atoms with Crippen LogP contribution in [0.4, 0.5) is 4.39 Å². The Morgan fingerprint density at radius 3 is 2.79 bits per heavy atom. The third-order valence-electron chi connectivity index (χ3n) is 2.15. The maximum atomic E-state index is 12.7. The van der Waals surface area contributed by atoms with Gasteiger partial charge in [0.1, 0.15) is 11.6 Å². The molecule has 14 heavy (non-hydrogen) atoms. The van der Waals surface area contributed by atoms with E-state index in [9.17, 15) is 4.39 Å². The number of nitrogens with one attached hydrogen (secondary N) is 1. The summed E-state index contributed by atoms with van der Waals surface area (Å²) in [6, 6.07) is 6.25. The van der Waals surface area contributed by atoms with E-state index in [1.807, 2.05) is 0 Å². The molecule has 0 amide bonds. The van der Waals surface area contributed by atoms with Crippen LogP contribution in [0.25, 0.3) is 0 Å². The van der Waals surface area contributed by atoms with Gasteiger partial charge in [0.05, 0.1) is 6.61 Å². The molecule has 1 fully saturated rings. The number of rotatable bonds is 3. The van der Waals surface area contributed by atoms with Gasteiger partial charge in [-0.25, -0.2) is 4.39 Å². The van der Waals surface area contributed by atoms with Gasteiger partial charge in [0, 0.05) is 25.1 Å². The molecule has 78 valence electrons. The largest absolute Gasteiger partial charge is 0.493 e. The quantitative estimate of drug-likeness (QED) is 0.835. The van der Waals surface area contributed by atoms with Crippen molar-refractivity contribution >= 4 is 12.4 Å². The van der Waals surface area contributed by atoms with E-state index >= 15 is 0 Å². The van der Waals surface area contributed by atoms with Gasteiger partial charge in [-0.15, -0.1) is 12.4 Å². The van der Waals surface area contributed by atoms with Crippen molar-refractivity contribution in [1.29, 1.82) is 0 Å². The molecule has 0 aliphatic carbocycles. The summed E-state index contributed by atoms with van der Waals surface area (Å²) in [4.78, 5) is 0. The standard InChI is InChI=1S/C10H12FNO.ClH/c11-9-2-1-3-10(4-9)13-7-8-5-12-6-8;/h1-4,8,12H,5-7H2;1H. The van der Waals surface area contributed by atoms with Crippen molar-refractivity contribution in [2.24, 2.45) is 5.92 Å². The third-order valence-corrected chi connectivity index (χ3v) is 2.15. The zero-order valence-corrected chi connectivity index (χ0v) is 8.52. The minimum absolute atomic E-state index is 0. The van der Waals surface area contributed by atoms with Crippen LogP contribution in [-0.4, -0.2) is 19.7 Å². The average Bonchev–Trinajstić information content (AvgIpc) is 2.01. The van der Waals surface area contributed by atoms with Crippen molar-refractivity contribution < 1.29 is 9.13 Å². The predicted molar refractivity (Wildman–Crippen MR) is 55.5 cm³/mol. The maximum absolute atomic E-state index is 12.7. The second-order valence-electron chi connectivity index (χ2n) is 3.29.